The Balaban J connectivity index is 2.69. The van der Waals surface area contributed by atoms with Crippen LogP contribution in [0.4, 0.5) is 4.79 Å². The molecule has 3 N–H and O–H groups in total. The largest absolute Gasteiger partial charge is 0.444 e. The maximum Gasteiger partial charge on any atom is 0.408 e. The van der Waals surface area contributed by atoms with E-state index < -0.39 is 27.1 Å². The van der Waals surface area contributed by atoms with Crippen LogP contribution in [0.3, 0.4) is 0 Å². The van der Waals surface area contributed by atoms with Crippen molar-refractivity contribution in [2.75, 3.05) is 18.1 Å². The molecular weight excluding hydrogens is 244 g/mol. The summed E-state index contributed by atoms with van der Waals surface area (Å²) in [5, 5.41) is 2.59. The van der Waals surface area contributed by atoms with Crippen molar-refractivity contribution in [3.63, 3.8) is 0 Å². The molecule has 1 heterocycles. The summed E-state index contributed by atoms with van der Waals surface area (Å²) < 4.78 is 27.9. The summed E-state index contributed by atoms with van der Waals surface area (Å²) in [7, 11) is -3.11. The molecule has 0 bridgehead atoms. The van der Waals surface area contributed by atoms with Crippen LogP contribution in [0.5, 0.6) is 0 Å². The number of nitrogens with one attached hydrogen (secondary N) is 1. The van der Waals surface area contributed by atoms with Crippen molar-refractivity contribution in [1.29, 1.82) is 0 Å². The van der Waals surface area contributed by atoms with Gasteiger partial charge in [0.1, 0.15) is 5.60 Å². The Hall–Kier alpha value is -0.820. The third kappa shape index (κ3) is 4.16. The highest BCUT2D eigenvalue weighted by atomic mass is 32.2. The van der Waals surface area contributed by atoms with E-state index in [1.807, 2.05) is 0 Å². The van der Waals surface area contributed by atoms with Crippen LogP contribution < -0.4 is 11.1 Å². The number of hydrogen-bond acceptors (Lipinski definition) is 5. The van der Waals surface area contributed by atoms with Crippen LogP contribution in [0, 0.1) is 0 Å². The number of carbonyl (C=O) groups excluding carboxylic acids is 1. The summed E-state index contributed by atoms with van der Waals surface area (Å²) in [5.41, 5.74) is 4.08. The van der Waals surface area contributed by atoms with Gasteiger partial charge in [-0.05, 0) is 27.2 Å². The van der Waals surface area contributed by atoms with Gasteiger partial charge in [-0.2, -0.15) is 0 Å². The molecule has 1 unspecified atom stereocenters. The van der Waals surface area contributed by atoms with Crippen molar-refractivity contribution in [2.45, 2.75) is 38.3 Å². The van der Waals surface area contributed by atoms with Crippen LogP contribution >= 0.6 is 0 Å². The molecule has 1 rings (SSSR count). The molecule has 1 saturated heterocycles. The molecule has 0 spiro atoms. The molecule has 1 fully saturated rings. The molecule has 1 aliphatic rings. The summed E-state index contributed by atoms with van der Waals surface area (Å²) in [6.45, 7) is 5.32. The zero-order valence-electron chi connectivity index (χ0n) is 10.4. The Morgan fingerprint density at radius 1 is 1.47 bits per heavy atom. The molecule has 1 atom stereocenters. The van der Waals surface area contributed by atoms with E-state index in [0.717, 1.165) is 0 Å². The molecule has 0 aliphatic carbocycles. The van der Waals surface area contributed by atoms with Gasteiger partial charge in [0.15, 0.2) is 9.84 Å². The molecule has 0 aromatic carbocycles. The average Bonchev–Trinajstić information content (AvgIpc) is 2.39. The van der Waals surface area contributed by atoms with E-state index in [0.29, 0.717) is 6.42 Å². The first-order valence-corrected chi connectivity index (χ1v) is 7.31. The zero-order chi connectivity index (χ0) is 13.3. The first-order chi connectivity index (χ1) is 7.58. The van der Waals surface area contributed by atoms with Gasteiger partial charge < -0.3 is 15.8 Å². The minimum atomic E-state index is -3.11. The summed E-state index contributed by atoms with van der Waals surface area (Å²) in [5.74, 6) is -0.0598. The standard InChI is InChI=1S/C10H20N2O4S/c1-9(2,3)16-8(13)12-10(6-11)4-5-17(14,15)7-10/h4-7,11H2,1-3H3,(H,12,13). The number of alkyl carbamates (subject to hydrolysis) is 1. The Labute approximate surface area is 102 Å². The second kappa shape index (κ2) is 4.45. The van der Waals surface area contributed by atoms with E-state index in [-0.39, 0.29) is 18.1 Å². The molecule has 6 nitrogen and oxygen atoms in total. The van der Waals surface area contributed by atoms with E-state index >= 15 is 0 Å². The highest BCUT2D eigenvalue weighted by molar-refractivity contribution is 7.91. The number of nitrogens with two attached hydrogens (primary N) is 1. The average molecular weight is 264 g/mol. The molecular formula is C10H20N2O4S. The molecule has 100 valence electrons. The van der Waals surface area contributed by atoms with E-state index in [1.165, 1.54) is 0 Å². The van der Waals surface area contributed by atoms with Gasteiger partial charge in [0.05, 0.1) is 17.0 Å². The smallest absolute Gasteiger partial charge is 0.408 e. The van der Waals surface area contributed by atoms with Gasteiger partial charge in [-0.15, -0.1) is 0 Å². The fraction of sp³-hybridized carbons (Fsp3) is 0.900. The molecule has 0 radical (unpaired) electrons. The minimum Gasteiger partial charge on any atom is -0.444 e. The summed E-state index contributed by atoms with van der Waals surface area (Å²) >= 11 is 0. The van der Waals surface area contributed by atoms with Crippen LogP contribution in [0.1, 0.15) is 27.2 Å². The molecule has 0 aromatic heterocycles. The number of rotatable bonds is 2. The van der Waals surface area contributed by atoms with E-state index in [9.17, 15) is 13.2 Å². The third-order valence-corrected chi connectivity index (χ3v) is 4.36. The number of ether oxygens (including phenoxy) is 1. The monoisotopic (exact) mass is 264 g/mol. The van der Waals surface area contributed by atoms with Gasteiger partial charge in [0, 0.05) is 6.54 Å². The fourth-order valence-corrected chi connectivity index (χ4v) is 3.77. The lowest BCUT2D eigenvalue weighted by molar-refractivity contribution is 0.0470. The first kappa shape index (κ1) is 14.2. The van der Waals surface area contributed by atoms with Crippen LogP contribution in [0.25, 0.3) is 0 Å². The van der Waals surface area contributed by atoms with Crippen LogP contribution in [-0.4, -0.2) is 43.7 Å². The van der Waals surface area contributed by atoms with Gasteiger partial charge in [0.2, 0.25) is 0 Å². The minimum absolute atomic E-state index is 0.0556. The number of sulfone groups is 1. The molecule has 1 aliphatic heterocycles. The van der Waals surface area contributed by atoms with Gasteiger partial charge in [-0.25, -0.2) is 13.2 Å². The van der Waals surface area contributed by atoms with Gasteiger partial charge in [-0.3, -0.25) is 0 Å². The van der Waals surface area contributed by atoms with E-state index in [2.05, 4.69) is 5.32 Å². The van der Waals surface area contributed by atoms with Crippen LogP contribution in [-0.2, 0) is 14.6 Å². The van der Waals surface area contributed by atoms with Crippen LogP contribution in [0.15, 0.2) is 0 Å². The van der Waals surface area contributed by atoms with E-state index in [1.54, 1.807) is 20.8 Å². The molecule has 1 amide bonds. The second-order valence-corrected chi connectivity index (χ2v) is 7.64. The summed E-state index contributed by atoms with van der Waals surface area (Å²) in [6.07, 6.45) is -0.287. The van der Waals surface area contributed by atoms with Crippen molar-refractivity contribution in [3.8, 4) is 0 Å². The third-order valence-electron chi connectivity index (χ3n) is 2.54. The van der Waals surface area contributed by atoms with Gasteiger partial charge in [-0.1, -0.05) is 0 Å². The highest BCUT2D eigenvalue weighted by Crippen LogP contribution is 2.23. The van der Waals surface area contributed by atoms with Gasteiger partial charge in [0.25, 0.3) is 0 Å². The maximum absolute atomic E-state index is 11.6. The topological polar surface area (TPSA) is 98.5 Å². The number of carbonyl (C=O) groups is 1. The zero-order valence-corrected chi connectivity index (χ0v) is 11.3. The SMILES string of the molecule is CC(C)(C)OC(=O)NC1(CN)CCS(=O)(=O)C1. The Kier molecular flexibility index (Phi) is 3.73. The van der Waals surface area contributed by atoms with Crippen LogP contribution in [0.2, 0.25) is 0 Å². The predicted octanol–water partition coefficient (Wildman–Crippen LogP) is 0.0271. The maximum atomic E-state index is 11.6. The first-order valence-electron chi connectivity index (χ1n) is 5.49. The number of hydrogen-bond donors (Lipinski definition) is 2. The lowest BCUT2D eigenvalue weighted by Crippen LogP contribution is -2.55. The summed E-state index contributed by atoms with van der Waals surface area (Å²) in [6, 6.07) is 0. The molecule has 0 saturated carbocycles. The van der Waals surface area contributed by atoms with Crippen molar-refractivity contribution in [3.05, 3.63) is 0 Å². The normalized spacial score (nSPS) is 27.8. The Morgan fingerprint density at radius 3 is 2.41 bits per heavy atom. The molecule has 0 aromatic rings. The summed E-state index contributed by atoms with van der Waals surface area (Å²) in [4.78, 5) is 11.6. The lowest BCUT2D eigenvalue weighted by atomic mass is 10.00. The van der Waals surface area contributed by atoms with Crippen molar-refractivity contribution < 1.29 is 17.9 Å². The highest BCUT2D eigenvalue weighted by Gasteiger charge is 2.43. The molecule has 7 heteroatoms. The van der Waals surface area contributed by atoms with E-state index in [4.69, 9.17) is 10.5 Å². The van der Waals surface area contributed by atoms with Crippen molar-refractivity contribution in [2.24, 2.45) is 5.73 Å². The lowest BCUT2D eigenvalue weighted by Gasteiger charge is -2.29. The quantitative estimate of drug-likeness (QED) is 0.733. The van der Waals surface area contributed by atoms with Crippen molar-refractivity contribution >= 4 is 15.9 Å². The number of amides is 1. The predicted molar refractivity (Wildman–Crippen MR) is 64.4 cm³/mol. The van der Waals surface area contributed by atoms with Crippen molar-refractivity contribution in [1.82, 2.24) is 5.32 Å². The second-order valence-electron chi connectivity index (χ2n) is 5.45. The molecule has 17 heavy (non-hydrogen) atoms. The van der Waals surface area contributed by atoms with Gasteiger partial charge >= 0.3 is 6.09 Å². The Bertz CT molecular complexity index is 399. The Morgan fingerprint density at radius 2 is 2.06 bits per heavy atom. The fourth-order valence-electron chi connectivity index (χ4n) is 1.75.